The number of aromatic nitrogens is 2. The van der Waals surface area contributed by atoms with Gasteiger partial charge in [-0.2, -0.15) is 0 Å². The number of nitrogens with zero attached hydrogens (tertiary/aromatic N) is 3. The van der Waals surface area contributed by atoms with E-state index in [1.807, 2.05) is 0 Å². The van der Waals surface area contributed by atoms with Crippen LogP contribution >= 0.6 is 0 Å². The smallest absolute Gasteiger partial charge is 0.275 e. The summed E-state index contributed by atoms with van der Waals surface area (Å²) in [6, 6.07) is 6.31. The highest BCUT2D eigenvalue weighted by molar-refractivity contribution is 6.02. The third kappa shape index (κ3) is 3.81. The summed E-state index contributed by atoms with van der Waals surface area (Å²) in [5, 5.41) is 13.2. The van der Waals surface area contributed by atoms with Gasteiger partial charge in [0.25, 0.3) is 5.91 Å². The molecule has 2 unspecified atom stereocenters. The SMILES string of the molecule is CN1C(=O)COCC1C(O)c1ccc(NC(=O)c2cnccn2)cc1. The quantitative estimate of drug-likeness (QED) is 0.844. The van der Waals surface area contributed by atoms with Gasteiger partial charge in [0.1, 0.15) is 18.4 Å². The number of aliphatic hydroxyl groups excluding tert-OH is 1. The number of benzene rings is 1. The number of hydrogen-bond acceptors (Lipinski definition) is 6. The Morgan fingerprint density at radius 3 is 2.80 bits per heavy atom. The molecule has 1 saturated heterocycles. The lowest BCUT2D eigenvalue weighted by molar-refractivity contribution is -0.151. The summed E-state index contributed by atoms with van der Waals surface area (Å²) in [6.45, 7) is 0.307. The maximum absolute atomic E-state index is 12.0. The third-order valence-electron chi connectivity index (χ3n) is 4.08. The largest absolute Gasteiger partial charge is 0.386 e. The van der Waals surface area contributed by atoms with Crippen LogP contribution in [0, 0.1) is 0 Å². The molecule has 0 saturated carbocycles. The number of carbonyl (C=O) groups is 2. The average molecular weight is 342 g/mol. The van der Waals surface area contributed by atoms with Crippen LogP contribution in [0.2, 0.25) is 0 Å². The van der Waals surface area contributed by atoms with Crippen molar-refractivity contribution in [2.75, 3.05) is 25.6 Å². The zero-order chi connectivity index (χ0) is 17.8. The third-order valence-corrected chi connectivity index (χ3v) is 4.08. The molecule has 25 heavy (non-hydrogen) atoms. The predicted octanol–water partition coefficient (Wildman–Crippen LogP) is 0.619. The maximum atomic E-state index is 12.0. The van der Waals surface area contributed by atoms with E-state index < -0.39 is 12.1 Å². The Morgan fingerprint density at radius 1 is 1.36 bits per heavy atom. The Morgan fingerprint density at radius 2 is 2.12 bits per heavy atom. The van der Waals surface area contributed by atoms with E-state index in [2.05, 4.69) is 15.3 Å². The van der Waals surface area contributed by atoms with Crippen molar-refractivity contribution in [3.63, 3.8) is 0 Å². The molecule has 1 aliphatic heterocycles. The number of likely N-dealkylation sites (N-methyl/N-ethyl adjacent to an activating group) is 1. The van der Waals surface area contributed by atoms with E-state index in [4.69, 9.17) is 4.74 Å². The van der Waals surface area contributed by atoms with Crippen molar-refractivity contribution >= 4 is 17.5 Å². The Balaban J connectivity index is 1.67. The van der Waals surface area contributed by atoms with E-state index in [1.165, 1.54) is 23.5 Å². The minimum absolute atomic E-state index is 0.0348. The molecule has 1 fully saturated rings. The fraction of sp³-hybridized carbons (Fsp3) is 0.294. The molecule has 130 valence electrons. The predicted molar refractivity (Wildman–Crippen MR) is 88.8 cm³/mol. The van der Waals surface area contributed by atoms with Gasteiger partial charge in [-0.05, 0) is 17.7 Å². The van der Waals surface area contributed by atoms with Crippen LogP contribution in [0.1, 0.15) is 22.2 Å². The summed E-state index contributed by atoms with van der Waals surface area (Å²) in [6.07, 6.45) is 3.44. The van der Waals surface area contributed by atoms with E-state index in [9.17, 15) is 14.7 Å². The highest BCUT2D eigenvalue weighted by atomic mass is 16.5. The summed E-state index contributed by atoms with van der Waals surface area (Å²) in [7, 11) is 1.65. The van der Waals surface area contributed by atoms with Gasteiger partial charge in [0.15, 0.2) is 0 Å². The van der Waals surface area contributed by atoms with Crippen LogP contribution < -0.4 is 5.32 Å². The molecule has 8 nitrogen and oxygen atoms in total. The van der Waals surface area contributed by atoms with Gasteiger partial charge < -0.3 is 20.1 Å². The molecule has 1 aromatic heterocycles. The lowest BCUT2D eigenvalue weighted by Gasteiger charge is -2.35. The van der Waals surface area contributed by atoms with Gasteiger partial charge in [-0.1, -0.05) is 12.1 Å². The molecular formula is C17H18N4O4. The van der Waals surface area contributed by atoms with Gasteiger partial charge in [-0.3, -0.25) is 14.6 Å². The molecule has 8 heteroatoms. The summed E-state index contributed by atoms with van der Waals surface area (Å²) < 4.78 is 5.21. The first-order valence-electron chi connectivity index (χ1n) is 7.75. The minimum Gasteiger partial charge on any atom is -0.386 e. The summed E-state index contributed by atoms with van der Waals surface area (Å²) >= 11 is 0. The van der Waals surface area contributed by atoms with E-state index in [-0.39, 0.29) is 30.7 Å². The Hall–Kier alpha value is -2.84. The van der Waals surface area contributed by atoms with E-state index in [0.717, 1.165) is 0 Å². The first-order chi connectivity index (χ1) is 12.1. The van der Waals surface area contributed by atoms with Crippen molar-refractivity contribution in [1.29, 1.82) is 0 Å². The summed E-state index contributed by atoms with van der Waals surface area (Å²) in [5.41, 5.74) is 1.41. The standard InChI is InChI=1S/C17H18N4O4/c1-21-14(9-25-10-15(21)22)16(23)11-2-4-12(5-3-11)20-17(24)13-8-18-6-7-19-13/h2-8,14,16,23H,9-10H2,1H3,(H,20,24). The van der Waals surface area contributed by atoms with E-state index >= 15 is 0 Å². The normalized spacial score (nSPS) is 18.7. The molecule has 1 aromatic carbocycles. The monoisotopic (exact) mass is 342 g/mol. The van der Waals surface area contributed by atoms with Crippen LogP contribution in [0.5, 0.6) is 0 Å². The number of nitrogens with one attached hydrogen (secondary N) is 1. The number of anilines is 1. The number of morpholine rings is 1. The second kappa shape index (κ2) is 7.37. The molecule has 3 rings (SSSR count). The average Bonchev–Trinajstić information content (AvgIpc) is 2.65. The van der Waals surface area contributed by atoms with Crippen molar-refractivity contribution in [2.24, 2.45) is 0 Å². The number of ether oxygens (including phenoxy) is 1. The number of aliphatic hydroxyl groups is 1. The first kappa shape index (κ1) is 17.0. The van der Waals surface area contributed by atoms with Gasteiger partial charge in [0.05, 0.1) is 18.8 Å². The lowest BCUT2D eigenvalue weighted by Crippen LogP contribution is -2.49. The molecule has 2 atom stereocenters. The molecule has 0 bridgehead atoms. The molecule has 2 amide bonds. The van der Waals surface area contributed by atoms with Crippen molar-refractivity contribution in [3.8, 4) is 0 Å². The van der Waals surface area contributed by atoms with Gasteiger partial charge in [-0.15, -0.1) is 0 Å². The molecule has 0 aliphatic carbocycles. The van der Waals surface area contributed by atoms with Gasteiger partial charge in [0, 0.05) is 25.1 Å². The highest BCUT2D eigenvalue weighted by Gasteiger charge is 2.32. The minimum atomic E-state index is -0.876. The number of rotatable bonds is 4. The van der Waals surface area contributed by atoms with Crippen LogP contribution in [0.25, 0.3) is 0 Å². The summed E-state index contributed by atoms with van der Waals surface area (Å²) in [4.78, 5) is 33.0. The van der Waals surface area contributed by atoms with Crippen molar-refractivity contribution in [2.45, 2.75) is 12.1 Å². The Bertz CT molecular complexity index is 751. The molecule has 0 radical (unpaired) electrons. The topological polar surface area (TPSA) is 105 Å². The Kier molecular flexibility index (Phi) is 5.01. The fourth-order valence-corrected chi connectivity index (χ4v) is 2.57. The number of amides is 2. The van der Waals surface area contributed by atoms with Crippen LogP contribution in [-0.2, 0) is 9.53 Å². The molecule has 2 heterocycles. The van der Waals surface area contributed by atoms with Gasteiger partial charge in [0.2, 0.25) is 5.91 Å². The van der Waals surface area contributed by atoms with E-state index in [1.54, 1.807) is 31.3 Å². The molecule has 2 N–H and O–H groups in total. The van der Waals surface area contributed by atoms with Crippen molar-refractivity contribution in [3.05, 3.63) is 54.1 Å². The van der Waals surface area contributed by atoms with E-state index in [0.29, 0.717) is 11.3 Å². The lowest BCUT2D eigenvalue weighted by atomic mass is 10.0. The number of carbonyl (C=O) groups excluding carboxylic acids is 2. The second-order valence-corrected chi connectivity index (χ2v) is 5.70. The van der Waals surface area contributed by atoms with Crippen molar-refractivity contribution in [1.82, 2.24) is 14.9 Å². The Labute approximate surface area is 144 Å². The summed E-state index contributed by atoms with van der Waals surface area (Å²) in [5.74, 6) is -0.532. The second-order valence-electron chi connectivity index (χ2n) is 5.70. The van der Waals surface area contributed by atoms with Crippen LogP contribution in [0.3, 0.4) is 0 Å². The zero-order valence-electron chi connectivity index (χ0n) is 13.6. The maximum Gasteiger partial charge on any atom is 0.275 e. The van der Waals surface area contributed by atoms with Gasteiger partial charge in [-0.25, -0.2) is 4.98 Å². The van der Waals surface area contributed by atoms with Crippen LogP contribution in [0.15, 0.2) is 42.9 Å². The highest BCUT2D eigenvalue weighted by Crippen LogP contribution is 2.24. The zero-order valence-corrected chi connectivity index (χ0v) is 13.6. The molecule has 2 aromatic rings. The molecular weight excluding hydrogens is 324 g/mol. The number of hydrogen-bond donors (Lipinski definition) is 2. The first-order valence-corrected chi connectivity index (χ1v) is 7.75. The molecule has 0 spiro atoms. The van der Waals surface area contributed by atoms with Crippen LogP contribution in [0.4, 0.5) is 5.69 Å². The fourth-order valence-electron chi connectivity index (χ4n) is 2.57. The van der Waals surface area contributed by atoms with Crippen LogP contribution in [-0.4, -0.2) is 58.1 Å². The van der Waals surface area contributed by atoms with Gasteiger partial charge >= 0.3 is 0 Å². The molecule has 1 aliphatic rings. The van der Waals surface area contributed by atoms with Crippen molar-refractivity contribution < 1.29 is 19.4 Å².